The number of hydrogen-bond acceptors (Lipinski definition) is 2. The molecule has 1 rings (SSSR count). The predicted molar refractivity (Wildman–Crippen MR) is 76.6 cm³/mol. The van der Waals surface area contributed by atoms with E-state index < -0.39 is 0 Å². The van der Waals surface area contributed by atoms with Gasteiger partial charge in [-0.1, -0.05) is 58.1 Å². The minimum absolute atomic E-state index is 0.849. The molecule has 0 aliphatic heterocycles. The van der Waals surface area contributed by atoms with Crippen molar-refractivity contribution in [1.82, 2.24) is 15.0 Å². The lowest BCUT2D eigenvalue weighted by molar-refractivity contribution is 0.489. The summed E-state index contributed by atoms with van der Waals surface area (Å²) < 4.78 is 2.01. The maximum Gasteiger partial charge on any atom is 0.0827 e. The van der Waals surface area contributed by atoms with E-state index in [0.717, 1.165) is 24.6 Å². The highest BCUT2D eigenvalue weighted by Gasteiger charge is 2.00. The molecular formula is C15H29N3. The van der Waals surface area contributed by atoms with Gasteiger partial charge in [0.05, 0.1) is 5.69 Å². The lowest BCUT2D eigenvalue weighted by Gasteiger charge is -2.04. The molecule has 1 aromatic heterocycles. The van der Waals surface area contributed by atoms with E-state index >= 15 is 0 Å². The van der Waals surface area contributed by atoms with E-state index in [1.165, 1.54) is 44.9 Å². The Kier molecular flexibility index (Phi) is 7.70. The van der Waals surface area contributed by atoms with Gasteiger partial charge in [-0.15, -0.1) is 5.10 Å². The molecular weight excluding hydrogens is 222 g/mol. The topological polar surface area (TPSA) is 30.7 Å². The summed E-state index contributed by atoms with van der Waals surface area (Å²) in [6, 6.07) is 0. The molecule has 0 radical (unpaired) electrons. The second kappa shape index (κ2) is 9.12. The van der Waals surface area contributed by atoms with E-state index in [-0.39, 0.29) is 0 Å². The number of hydrogen-bond donors (Lipinski definition) is 0. The number of unbranched alkanes of at least 4 members (excludes halogenated alkanes) is 4. The van der Waals surface area contributed by atoms with Gasteiger partial charge < -0.3 is 0 Å². The van der Waals surface area contributed by atoms with Crippen LogP contribution in [0.5, 0.6) is 0 Å². The fraction of sp³-hybridized carbons (Fsp3) is 0.867. The van der Waals surface area contributed by atoms with Gasteiger partial charge in [-0.3, -0.25) is 4.68 Å². The maximum absolute atomic E-state index is 4.20. The van der Waals surface area contributed by atoms with Crippen molar-refractivity contribution in [3.8, 4) is 0 Å². The van der Waals surface area contributed by atoms with Crippen molar-refractivity contribution in [3.63, 3.8) is 0 Å². The van der Waals surface area contributed by atoms with Gasteiger partial charge in [-0.2, -0.15) is 0 Å². The molecule has 0 unspecified atom stereocenters. The third-order valence-electron chi connectivity index (χ3n) is 3.29. The number of aryl methyl sites for hydroxylation is 2. The number of aromatic nitrogens is 3. The van der Waals surface area contributed by atoms with Gasteiger partial charge in [0.1, 0.15) is 0 Å². The molecule has 0 atom stereocenters. The van der Waals surface area contributed by atoms with E-state index in [1.54, 1.807) is 0 Å². The van der Waals surface area contributed by atoms with Crippen LogP contribution >= 0.6 is 0 Å². The minimum Gasteiger partial charge on any atom is -0.252 e. The van der Waals surface area contributed by atoms with Crippen LogP contribution in [0.2, 0.25) is 0 Å². The SMILES string of the molecule is CCCCc1cn(CCCCCCC(C)C)nn1. The molecule has 0 bridgehead atoms. The molecule has 104 valence electrons. The summed E-state index contributed by atoms with van der Waals surface area (Å²) >= 11 is 0. The van der Waals surface area contributed by atoms with E-state index in [4.69, 9.17) is 0 Å². The summed E-state index contributed by atoms with van der Waals surface area (Å²) in [6.07, 6.45) is 12.3. The van der Waals surface area contributed by atoms with Crippen LogP contribution in [-0.4, -0.2) is 15.0 Å². The third-order valence-corrected chi connectivity index (χ3v) is 3.29. The quantitative estimate of drug-likeness (QED) is 0.583. The summed E-state index contributed by atoms with van der Waals surface area (Å²) in [4.78, 5) is 0. The van der Waals surface area contributed by atoms with Crippen LogP contribution in [0.3, 0.4) is 0 Å². The van der Waals surface area contributed by atoms with E-state index in [2.05, 4.69) is 37.3 Å². The van der Waals surface area contributed by atoms with Crippen molar-refractivity contribution in [2.75, 3.05) is 0 Å². The van der Waals surface area contributed by atoms with E-state index in [1.807, 2.05) is 4.68 Å². The lowest BCUT2D eigenvalue weighted by Crippen LogP contribution is -1.98. The Morgan fingerprint density at radius 3 is 2.61 bits per heavy atom. The molecule has 0 amide bonds. The Hall–Kier alpha value is -0.860. The van der Waals surface area contributed by atoms with Crippen LogP contribution in [0.1, 0.15) is 71.4 Å². The van der Waals surface area contributed by atoms with Crippen LogP contribution in [0.25, 0.3) is 0 Å². The second-order valence-electron chi connectivity index (χ2n) is 5.67. The molecule has 0 N–H and O–H groups in total. The molecule has 0 saturated carbocycles. The molecule has 0 aromatic carbocycles. The molecule has 3 nitrogen and oxygen atoms in total. The van der Waals surface area contributed by atoms with Crippen LogP contribution in [0.15, 0.2) is 6.20 Å². The molecule has 3 heteroatoms. The number of rotatable bonds is 10. The molecule has 0 spiro atoms. The Morgan fingerprint density at radius 1 is 1.11 bits per heavy atom. The van der Waals surface area contributed by atoms with Crippen molar-refractivity contribution in [3.05, 3.63) is 11.9 Å². The summed E-state index contributed by atoms with van der Waals surface area (Å²) in [5.41, 5.74) is 1.15. The van der Waals surface area contributed by atoms with Crippen LogP contribution < -0.4 is 0 Å². The number of nitrogens with zero attached hydrogens (tertiary/aromatic N) is 3. The monoisotopic (exact) mass is 251 g/mol. The molecule has 1 heterocycles. The molecule has 0 aliphatic carbocycles. The molecule has 1 aromatic rings. The van der Waals surface area contributed by atoms with Gasteiger partial charge in [0, 0.05) is 12.7 Å². The highest BCUT2D eigenvalue weighted by molar-refractivity contribution is 4.91. The molecule has 0 aliphatic rings. The van der Waals surface area contributed by atoms with Crippen LogP contribution in [0.4, 0.5) is 0 Å². The van der Waals surface area contributed by atoms with Crippen LogP contribution in [0, 0.1) is 5.92 Å². The average molecular weight is 251 g/mol. The summed E-state index contributed by atoms with van der Waals surface area (Å²) in [7, 11) is 0. The Morgan fingerprint density at radius 2 is 1.89 bits per heavy atom. The maximum atomic E-state index is 4.20. The largest absolute Gasteiger partial charge is 0.252 e. The van der Waals surface area contributed by atoms with Crippen molar-refractivity contribution < 1.29 is 0 Å². The first-order chi connectivity index (χ1) is 8.72. The van der Waals surface area contributed by atoms with Crippen molar-refractivity contribution in [2.24, 2.45) is 5.92 Å². The summed E-state index contributed by atoms with van der Waals surface area (Å²) in [5.74, 6) is 0.849. The zero-order valence-electron chi connectivity index (χ0n) is 12.4. The average Bonchev–Trinajstić information content (AvgIpc) is 2.78. The Balaban J connectivity index is 2.06. The first-order valence-electron chi connectivity index (χ1n) is 7.61. The van der Waals surface area contributed by atoms with Crippen molar-refractivity contribution in [1.29, 1.82) is 0 Å². The standard InChI is InChI=1S/C15H29N3/c1-4-5-11-15-13-18(17-16-15)12-9-7-6-8-10-14(2)3/h13-14H,4-12H2,1-3H3. The fourth-order valence-corrected chi connectivity index (χ4v) is 2.10. The highest BCUT2D eigenvalue weighted by Crippen LogP contribution is 2.10. The molecule has 18 heavy (non-hydrogen) atoms. The highest BCUT2D eigenvalue weighted by atomic mass is 15.4. The van der Waals surface area contributed by atoms with Crippen molar-refractivity contribution in [2.45, 2.75) is 78.7 Å². The van der Waals surface area contributed by atoms with Gasteiger partial charge in [0.2, 0.25) is 0 Å². The first kappa shape index (κ1) is 15.2. The zero-order valence-corrected chi connectivity index (χ0v) is 12.4. The zero-order chi connectivity index (χ0) is 13.2. The molecule has 0 saturated heterocycles. The van der Waals surface area contributed by atoms with Crippen LogP contribution in [-0.2, 0) is 13.0 Å². The summed E-state index contributed by atoms with van der Waals surface area (Å²) in [6.45, 7) is 7.84. The van der Waals surface area contributed by atoms with Gasteiger partial charge in [0.15, 0.2) is 0 Å². The predicted octanol–water partition coefficient (Wildman–Crippen LogP) is 4.23. The fourth-order valence-electron chi connectivity index (χ4n) is 2.10. The minimum atomic E-state index is 0.849. The smallest absolute Gasteiger partial charge is 0.0827 e. The van der Waals surface area contributed by atoms with Gasteiger partial charge in [-0.25, -0.2) is 0 Å². The Bertz CT molecular complexity index is 304. The van der Waals surface area contributed by atoms with Crippen molar-refractivity contribution >= 4 is 0 Å². The third kappa shape index (κ3) is 6.77. The Labute approximate surface area is 112 Å². The van der Waals surface area contributed by atoms with Gasteiger partial charge in [0.25, 0.3) is 0 Å². The summed E-state index contributed by atoms with van der Waals surface area (Å²) in [5, 5.41) is 8.39. The van der Waals surface area contributed by atoms with E-state index in [0.29, 0.717) is 0 Å². The van der Waals surface area contributed by atoms with Gasteiger partial charge in [-0.05, 0) is 25.2 Å². The normalized spacial score (nSPS) is 11.3. The molecule has 0 fully saturated rings. The second-order valence-corrected chi connectivity index (χ2v) is 5.67. The van der Waals surface area contributed by atoms with E-state index in [9.17, 15) is 0 Å². The first-order valence-corrected chi connectivity index (χ1v) is 7.61. The van der Waals surface area contributed by atoms with Gasteiger partial charge >= 0.3 is 0 Å². The lowest BCUT2D eigenvalue weighted by atomic mass is 10.0.